The van der Waals surface area contributed by atoms with Crippen LogP contribution in [-0.2, 0) is 11.3 Å². The number of hydrogen-bond acceptors (Lipinski definition) is 5. The van der Waals surface area contributed by atoms with Crippen LogP contribution in [0.5, 0.6) is 5.75 Å². The molecular formula is C21H25N5O2. The van der Waals surface area contributed by atoms with E-state index in [4.69, 9.17) is 4.74 Å². The molecule has 0 spiro atoms. The van der Waals surface area contributed by atoms with Gasteiger partial charge in [-0.1, -0.05) is 56.3 Å². The zero-order valence-electron chi connectivity index (χ0n) is 16.6. The average molecular weight is 379 g/mol. The molecule has 1 amide bonds. The quantitative estimate of drug-likeness (QED) is 0.681. The number of rotatable bonds is 7. The maximum absolute atomic E-state index is 12.4. The van der Waals surface area contributed by atoms with E-state index in [-0.39, 0.29) is 18.5 Å². The monoisotopic (exact) mass is 379 g/mol. The number of methoxy groups -OCH3 is 1. The van der Waals surface area contributed by atoms with Crippen LogP contribution >= 0.6 is 0 Å². The molecule has 0 aliphatic carbocycles. The summed E-state index contributed by atoms with van der Waals surface area (Å²) in [5, 5.41) is 15.3. The van der Waals surface area contributed by atoms with Gasteiger partial charge in [-0.05, 0) is 29.7 Å². The van der Waals surface area contributed by atoms with E-state index < -0.39 is 0 Å². The van der Waals surface area contributed by atoms with Gasteiger partial charge in [-0.25, -0.2) is 0 Å². The Balaban J connectivity index is 1.63. The number of para-hydroxylation sites is 1. The van der Waals surface area contributed by atoms with Crippen LogP contribution in [0.1, 0.15) is 43.9 Å². The van der Waals surface area contributed by atoms with E-state index in [9.17, 15) is 4.79 Å². The van der Waals surface area contributed by atoms with Crippen LogP contribution in [0.4, 0.5) is 0 Å². The average Bonchev–Trinajstić information content (AvgIpc) is 3.16. The van der Waals surface area contributed by atoms with E-state index in [0.29, 0.717) is 11.7 Å². The minimum absolute atomic E-state index is 0.00341. The van der Waals surface area contributed by atoms with Gasteiger partial charge in [0, 0.05) is 11.1 Å². The third-order valence-electron chi connectivity index (χ3n) is 4.56. The van der Waals surface area contributed by atoms with E-state index >= 15 is 0 Å². The van der Waals surface area contributed by atoms with Gasteiger partial charge in [0.2, 0.25) is 11.7 Å². The fourth-order valence-corrected chi connectivity index (χ4v) is 2.96. The Hall–Kier alpha value is -3.22. The Kier molecular flexibility index (Phi) is 6.03. The number of nitrogens with zero attached hydrogens (tertiary/aromatic N) is 4. The maximum Gasteiger partial charge on any atom is 0.244 e. The zero-order chi connectivity index (χ0) is 20.1. The van der Waals surface area contributed by atoms with Crippen LogP contribution < -0.4 is 10.1 Å². The summed E-state index contributed by atoms with van der Waals surface area (Å²) in [6, 6.07) is 15.5. The Morgan fingerprint density at radius 3 is 2.50 bits per heavy atom. The second kappa shape index (κ2) is 8.65. The molecule has 0 saturated carbocycles. The molecule has 0 aliphatic rings. The molecule has 0 unspecified atom stereocenters. The molecule has 0 fully saturated rings. The first-order chi connectivity index (χ1) is 13.5. The SMILES string of the molecule is COc1ccccc1[C@H](C)NC(=O)Cn1nnc(-c2ccc(C(C)C)cc2)n1. The second-order valence-corrected chi connectivity index (χ2v) is 6.95. The van der Waals surface area contributed by atoms with E-state index in [1.54, 1.807) is 7.11 Å². The highest BCUT2D eigenvalue weighted by Crippen LogP contribution is 2.24. The van der Waals surface area contributed by atoms with Gasteiger partial charge in [0.05, 0.1) is 13.2 Å². The van der Waals surface area contributed by atoms with Gasteiger partial charge in [0.15, 0.2) is 0 Å². The summed E-state index contributed by atoms with van der Waals surface area (Å²) in [5.74, 6) is 1.51. The van der Waals surface area contributed by atoms with Crippen LogP contribution in [-0.4, -0.2) is 33.2 Å². The summed E-state index contributed by atoms with van der Waals surface area (Å²) >= 11 is 0. The molecule has 7 heteroatoms. The summed E-state index contributed by atoms with van der Waals surface area (Å²) in [4.78, 5) is 13.7. The molecular weight excluding hydrogens is 354 g/mol. The van der Waals surface area contributed by atoms with E-state index in [0.717, 1.165) is 16.9 Å². The second-order valence-electron chi connectivity index (χ2n) is 6.95. The molecule has 1 heterocycles. The summed E-state index contributed by atoms with van der Waals surface area (Å²) in [6.45, 7) is 6.20. The Morgan fingerprint density at radius 1 is 1.11 bits per heavy atom. The predicted molar refractivity (Wildman–Crippen MR) is 107 cm³/mol. The van der Waals surface area contributed by atoms with Gasteiger partial charge in [-0.2, -0.15) is 4.80 Å². The number of carbonyl (C=O) groups excluding carboxylic acids is 1. The van der Waals surface area contributed by atoms with Crippen molar-refractivity contribution < 1.29 is 9.53 Å². The molecule has 3 rings (SSSR count). The molecule has 0 bridgehead atoms. The third-order valence-corrected chi connectivity index (χ3v) is 4.56. The molecule has 1 atom stereocenters. The molecule has 1 aromatic heterocycles. The minimum atomic E-state index is -0.199. The lowest BCUT2D eigenvalue weighted by molar-refractivity contribution is -0.122. The van der Waals surface area contributed by atoms with Crippen LogP contribution in [0.2, 0.25) is 0 Å². The van der Waals surface area contributed by atoms with Gasteiger partial charge < -0.3 is 10.1 Å². The normalized spacial score (nSPS) is 12.0. The molecule has 2 aromatic carbocycles. The van der Waals surface area contributed by atoms with Crippen molar-refractivity contribution in [3.63, 3.8) is 0 Å². The predicted octanol–water partition coefficient (Wildman–Crippen LogP) is 3.35. The highest BCUT2D eigenvalue weighted by atomic mass is 16.5. The molecule has 146 valence electrons. The first-order valence-corrected chi connectivity index (χ1v) is 9.28. The smallest absolute Gasteiger partial charge is 0.244 e. The standard InChI is InChI=1S/C21H25N5O2/c1-14(2)16-9-11-17(12-10-16)21-23-25-26(24-21)13-20(27)22-15(3)18-7-5-6-8-19(18)28-4/h5-12,14-15H,13H2,1-4H3,(H,22,27)/t15-/m0/s1. The largest absolute Gasteiger partial charge is 0.496 e. The topological polar surface area (TPSA) is 81.9 Å². The van der Waals surface area contributed by atoms with Gasteiger partial charge in [0.1, 0.15) is 12.3 Å². The summed E-state index contributed by atoms with van der Waals surface area (Å²) < 4.78 is 5.35. The third kappa shape index (κ3) is 4.54. The Labute approximate surface area is 164 Å². The van der Waals surface area contributed by atoms with Crippen molar-refractivity contribution in [2.45, 2.75) is 39.3 Å². The number of nitrogens with one attached hydrogen (secondary N) is 1. The Bertz CT molecular complexity index is 934. The highest BCUT2D eigenvalue weighted by molar-refractivity contribution is 5.76. The van der Waals surface area contributed by atoms with E-state index in [1.807, 2.05) is 43.3 Å². The molecule has 3 aromatic rings. The minimum Gasteiger partial charge on any atom is -0.496 e. The lowest BCUT2D eigenvalue weighted by Crippen LogP contribution is -2.31. The molecule has 7 nitrogen and oxygen atoms in total. The first kappa shape index (κ1) is 19.5. The first-order valence-electron chi connectivity index (χ1n) is 9.28. The van der Waals surface area contributed by atoms with Crippen molar-refractivity contribution in [1.29, 1.82) is 0 Å². The van der Waals surface area contributed by atoms with Gasteiger partial charge >= 0.3 is 0 Å². The number of benzene rings is 2. The van der Waals surface area contributed by atoms with E-state index in [2.05, 4.69) is 46.7 Å². The lowest BCUT2D eigenvalue weighted by Gasteiger charge is -2.16. The number of ether oxygens (including phenoxy) is 1. The molecule has 0 aliphatic heterocycles. The van der Waals surface area contributed by atoms with E-state index in [1.165, 1.54) is 10.4 Å². The number of aromatic nitrogens is 4. The molecule has 1 N–H and O–H groups in total. The van der Waals surface area contributed by atoms with Crippen LogP contribution in [0.25, 0.3) is 11.4 Å². The van der Waals surface area contributed by atoms with Crippen molar-refractivity contribution >= 4 is 5.91 Å². The molecule has 0 saturated heterocycles. The van der Waals surface area contributed by atoms with Crippen molar-refractivity contribution in [2.24, 2.45) is 0 Å². The number of amides is 1. The van der Waals surface area contributed by atoms with Gasteiger partial charge in [-0.3, -0.25) is 4.79 Å². The van der Waals surface area contributed by atoms with Gasteiger partial charge in [-0.15, -0.1) is 10.2 Å². The maximum atomic E-state index is 12.4. The molecule has 28 heavy (non-hydrogen) atoms. The summed E-state index contributed by atoms with van der Waals surface area (Å²) in [7, 11) is 1.61. The van der Waals surface area contributed by atoms with Crippen LogP contribution in [0.15, 0.2) is 48.5 Å². The number of hydrogen-bond donors (Lipinski definition) is 1. The zero-order valence-corrected chi connectivity index (χ0v) is 16.6. The van der Waals surface area contributed by atoms with Crippen LogP contribution in [0.3, 0.4) is 0 Å². The summed E-state index contributed by atoms with van der Waals surface area (Å²) in [6.07, 6.45) is 0. The Morgan fingerprint density at radius 2 is 1.82 bits per heavy atom. The highest BCUT2D eigenvalue weighted by Gasteiger charge is 2.15. The van der Waals surface area contributed by atoms with Gasteiger partial charge in [0.25, 0.3) is 0 Å². The number of carbonyl (C=O) groups is 1. The fourth-order valence-electron chi connectivity index (χ4n) is 2.96. The lowest BCUT2D eigenvalue weighted by atomic mass is 10.0. The van der Waals surface area contributed by atoms with Crippen molar-refractivity contribution in [3.05, 3.63) is 59.7 Å². The van der Waals surface area contributed by atoms with Crippen molar-refractivity contribution in [3.8, 4) is 17.1 Å². The number of tetrazole rings is 1. The fraction of sp³-hybridized carbons (Fsp3) is 0.333. The van der Waals surface area contributed by atoms with Crippen LogP contribution in [0, 0.1) is 0 Å². The molecule has 0 radical (unpaired) electrons. The van der Waals surface area contributed by atoms with Crippen molar-refractivity contribution in [1.82, 2.24) is 25.5 Å². The van der Waals surface area contributed by atoms with Crippen molar-refractivity contribution in [2.75, 3.05) is 7.11 Å². The summed E-state index contributed by atoms with van der Waals surface area (Å²) in [5.41, 5.74) is 3.04.